The van der Waals surface area contributed by atoms with Crippen molar-refractivity contribution in [1.29, 1.82) is 0 Å². The van der Waals surface area contributed by atoms with E-state index in [0.29, 0.717) is 6.04 Å². The van der Waals surface area contributed by atoms with Gasteiger partial charge in [-0.2, -0.15) is 0 Å². The molecule has 1 unspecified atom stereocenters. The van der Waals surface area contributed by atoms with Crippen LogP contribution in [0.1, 0.15) is 48.4 Å². The molecule has 136 valence electrons. The third kappa shape index (κ3) is 2.82. The largest absolute Gasteiger partial charge is 0.313 e. The van der Waals surface area contributed by atoms with Crippen molar-refractivity contribution in [1.82, 2.24) is 5.32 Å². The number of benzene rings is 3. The van der Waals surface area contributed by atoms with E-state index in [0.717, 1.165) is 6.54 Å². The first kappa shape index (κ1) is 16.8. The number of hydrogen-bond acceptors (Lipinski definition) is 1. The third-order valence-corrected chi connectivity index (χ3v) is 6.73. The van der Waals surface area contributed by atoms with Crippen LogP contribution in [0, 0.1) is 0 Å². The summed E-state index contributed by atoms with van der Waals surface area (Å²) in [5.41, 5.74) is 5.72. The lowest BCUT2D eigenvalue weighted by Crippen LogP contribution is -2.44. The Balaban J connectivity index is 1.68. The van der Waals surface area contributed by atoms with E-state index in [9.17, 15) is 0 Å². The van der Waals surface area contributed by atoms with Gasteiger partial charge in [0, 0.05) is 11.5 Å². The number of nitrogens with one attached hydrogen (secondary N) is 1. The summed E-state index contributed by atoms with van der Waals surface area (Å²) in [5.74, 6) is 0. The molecule has 2 aliphatic rings. The summed E-state index contributed by atoms with van der Waals surface area (Å²) in [6.07, 6.45) is 9.45. The van der Waals surface area contributed by atoms with Crippen LogP contribution >= 0.6 is 0 Å². The molecule has 0 bridgehead atoms. The maximum Gasteiger partial charge on any atom is 0.0328 e. The second kappa shape index (κ2) is 6.65. The smallest absolute Gasteiger partial charge is 0.0328 e. The van der Waals surface area contributed by atoms with Crippen LogP contribution in [-0.2, 0) is 11.8 Å². The quantitative estimate of drug-likeness (QED) is 0.622. The molecule has 1 nitrogen and oxygen atoms in total. The van der Waals surface area contributed by atoms with Crippen LogP contribution in [0.2, 0.25) is 0 Å². The second-order valence-electron chi connectivity index (χ2n) is 8.27. The Labute approximate surface area is 162 Å². The zero-order valence-electron chi connectivity index (χ0n) is 16.0. The molecule has 1 aliphatic heterocycles. The van der Waals surface area contributed by atoms with E-state index in [4.69, 9.17) is 0 Å². The number of hydrogen-bond donors (Lipinski definition) is 1. The van der Waals surface area contributed by atoms with Gasteiger partial charge in [0.25, 0.3) is 0 Å². The van der Waals surface area contributed by atoms with Crippen molar-refractivity contribution in [2.45, 2.75) is 44.1 Å². The van der Waals surface area contributed by atoms with Crippen LogP contribution in [0.15, 0.2) is 66.7 Å². The van der Waals surface area contributed by atoms with Crippen molar-refractivity contribution in [3.05, 3.63) is 89.0 Å². The van der Waals surface area contributed by atoms with E-state index in [1.54, 1.807) is 0 Å². The van der Waals surface area contributed by atoms with Crippen molar-refractivity contribution in [2.24, 2.45) is 0 Å². The van der Waals surface area contributed by atoms with E-state index in [1.165, 1.54) is 58.7 Å². The van der Waals surface area contributed by atoms with Crippen LogP contribution in [-0.4, -0.2) is 12.6 Å². The second-order valence-corrected chi connectivity index (χ2v) is 8.27. The van der Waals surface area contributed by atoms with Crippen LogP contribution in [0.5, 0.6) is 0 Å². The fraction of sp³-hybridized carbons (Fsp3) is 0.308. The highest BCUT2D eigenvalue weighted by Crippen LogP contribution is 2.41. The van der Waals surface area contributed by atoms with E-state index in [2.05, 4.69) is 85.1 Å². The van der Waals surface area contributed by atoms with Gasteiger partial charge in [-0.3, -0.25) is 0 Å². The van der Waals surface area contributed by atoms with Gasteiger partial charge in [0.05, 0.1) is 0 Å². The lowest BCUT2D eigenvalue weighted by Gasteiger charge is -2.38. The van der Waals surface area contributed by atoms with Crippen LogP contribution in [0.3, 0.4) is 0 Å². The maximum absolute atomic E-state index is 3.80. The Kier molecular flexibility index (Phi) is 4.13. The lowest BCUT2D eigenvalue weighted by molar-refractivity contribution is 0.407. The van der Waals surface area contributed by atoms with E-state index >= 15 is 0 Å². The maximum atomic E-state index is 3.80. The molecule has 0 aromatic heterocycles. The first-order valence-corrected chi connectivity index (χ1v) is 10.3. The normalized spacial score (nSPS) is 21.1. The van der Waals surface area contributed by atoms with Crippen molar-refractivity contribution in [3.63, 3.8) is 0 Å². The molecular formula is C26H27N. The van der Waals surface area contributed by atoms with Crippen LogP contribution in [0.25, 0.3) is 16.8 Å². The van der Waals surface area contributed by atoms with Gasteiger partial charge in [-0.25, -0.2) is 0 Å². The molecule has 0 spiro atoms. The van der Waals surface area contributed by atoms with Gasteiger partial charge >= 0.3 is 0 Å². The van der Waals surface area contributed by atoms with Crippen molar-refractivity contribution < 1.29 is 0 Å². The number of fused-ring (bicyclic) bond motifs is 2. The Morgan fingerprint density at radius 1 is 0.926 bits per heavy atom. The predicted molar refractivity (Wildman–Crippen MR) is 115 cm³/mol. The average molecular weight is 354 g/mol. The SMILES string of the molecule is C[C@](c1ccc2c(c1)C=CCC2)(c1ccc2ccccc2c1)C1CCCN1. The van der Waals surface area contributed by atoms with Gasteiger partial charge in [0.15, 0.2) is 0 Å². The zero-order chi connectivity index (χ0) is 18.3. The molecule has 1 aliphatic carbocycles. The fourth-order valence-corrected chi connectivity index (χ4v) is 5.01. The molecule has 1 N–H and O–H groups in total. The molecule has 1 fully saturated rings. The summed E-state index contributed by atoms with van der Waals surface area (Å²) in [5, 5.41) is 6.45. The third-order valence-electron chi connectivity index (χ3n) is 6.73. The molecule has 1 heterocycles. The fourth-order valence-electron chi connectivity index (χ4n) is 5.01. The average Bonchev–Trinajstić information content (AvgIpc) is 3.28. The van der Waals surface area contributed by atoms with Crippen LogP contribution < -0.4 is 5.32 Å². The molecule has 3 aromatic rings. The minimum absolute atomic E-state index is 0.0269. The van der Waals surface area contributed by atoms with Crippen molar-refractivity contribution >= 4 is 16.8 Å². The molecule has 0 amide bonds. The summed E-state index contributed by atoms with van der Waals surface area (Å²) in [6.45, 7) is 3.56. The molecule has 0 saturated carbocycles. The first-order chi connectivity index (χ1) is 13.2. The Hall–Kier alpha value is -2.38. The minimum Gasteiger partial charge on any atom is -0.313 e. The van der Waals surface area contributed by atoms with E-state index in [1.807, 2.05) is 0 Å². The molecule has 2 atom stereocenters. The van der Waals surface area contributed by atoms with Gasteiger partial charge in [0.1, 0.15) is 0 Å². The summed E-state index contributed by atoms with van der Waals surface area (Å²) < 4.78 is 0. The van der Waals surface area contributed by atoms with E-state index in [-0.39, 0.29) is 5.41 Å². The molecule has 0 radical (unpaired) electrons. The summed E-state index contributed by atoms with van der Waals surface area (Å²) in [6, 6.07) is 23.4. The highest BCUT2D eigenvalue weighted by molar-refractivity contribution is 5.83. The van der Waals surface area contributed by atoms with Crippen LogP contribution in [0.4, 0.5) is 0 Å². The monoisotopic (exact) mass is 353 g/mol. The predicted octanol–water partition coefficient (Wildman–Crippen LogP) is 5.86. The number of rotatable bonds is 3. The molecule has 5 rings (SSSR count). The number of aryl methyl sites for hydroxylation is 1. The van der Waals surface area contributed by atoms with Crippen molar-refractivity contribution in [3.8, 4) is 0 Å². The van der Waals surface area contributed by atoms with Crippen molar-refractivity contribution in [2.75, 3.05) is 6.54 Å². The molecule has 1 heteroatoms. The molecule has 1 saturated heterocycles. The molecule has 3 aromatic carbocycles. The first-order valence-electron chi connectivity index (χ1n) is 10.3. The molecule has 27 heavy (non-hydrogen) atoms. The topological polar surface area (TPSA) is 12.0 Å². The summed E-state index contributed by atoms with van der Waals surface area (Å²) >= 11 is 0. The lowest BCUT2D eigenvalue weighted by atomic mass is 9.69. The molecular weight excluding hydrogens is 326 g/mol. The zero-order valence-corrected chi connectivity index (χ0v) is 16.0. The standard InChI is InChI=1S/C26H27N/c1-26(25-11-6-16-27-25,23-14-12-19-7-2-4-9-21(19)17-23)24-15-13-20-8-3-5-10-22(20)18-24/h2,4-5,7,9-10,12-15,17-18,25,27H,3,6,8,11,16H2,1H3/t25?,26-/m1/s1. The highest BCUT2D eigenvalue weighted by atomic mass is 15.0. The Morgan fingerprint density at radius 3 is 2.59 bits per heavy atom. The Bertz CT molecular complexity index is 1010. The number of allylic oxidation sites excluding steroid dienone is 1. The van der Waals surface area contributed by atoms with Gasteiger partial charge in [-0.15, -0.1) is 0 Å². The Morgan fingerprint density at radius 2 is 1.74 bits per heavy atom. The summed E-state index contributed by atoms with van der Waals surface area (Å²) in [7, 11) is 0. The summed E-state index contributed by atoms with van der Waals surface area (Å²) in [4.78, 5) is 0. The van der Waals surface area contributed by atoms with Gasteiger partial charge in [-0.1, -0.05) is 72.8 Å². The minimum atomic E-state index is -0.0269. The van der Waals surface area contributed by atoms with Gasteiger partial charge < -0.3 is 5.32 Å². The van der Waals surface area contributed by atoms with E-state index < -0.39 is 0 Å². The highest BCUT2D eigenvalue weighted by Gasteiger charge is 2.39. The van der Waals surface area contributed by atoms with Gasteiger partial charge in [0.2, 0.25) is 0 Å². The van der Waals surface area contributed by atoms with Gasteiger partial charge in [-0.05, 0) is 72.2 Å².